The van der Waals surface area contributed by atoms with E-state index in [0.29, 0.717) is 0 Å². The Bertz CT molecular complexity index is 983. The molecule has 0 saturated heterocycles. The van der Waals surface area contributed by atoms with Crippen molar-refractivity contribution >= 4 is 16.7 Å². The van der Waals surface area contributed by atoms with Crippen molar-refractivity contribution in [2.24, 2.45) is 0 Å². The van der Waals surface area contributed by atoms with Gasteiger partial charge in [0.15, 0.2) is 17.4 Å². The van der Waals surface area contributed by atoms with Crippen molar-refractivity contribution in [3.8, 4) is 0 Å². The number of carbonyl (C=O) groups excluding carboxylic acids is 1. The van der Waals surface area contributed by atoms with E-state index >= 15 is 0 Å². The van der Waals surface area contributed by atoms with Crippen LogP contribution in [0.2, 0.25) is 0 Å². The number of H-pyrrole nitrogens is 1. The lowest BCUT2D eigenvalue weighted by molar-refractivity contribution is 0.0990. The highest BCUT2D eigenvalue weighted by Gasteiger charge is 2.13. The van der Waals surface area contributed by atoms with Crippen molar-refractivity contribution in [3.05, 3.63) is 75.6 Å². The maximum atomic E-state index is 13.2. The fourth-order valence-corrected chi connectivity index (χ4v) is 2.18. The minimum absolute atomic E-state index is 0.0113. The lowest BCUT2D eigenvalue weighted by Crippen LogP contribution is -2.15. The van der Waals surface area contributed by atoms with Crippen LogP contribution in [0, 0.1) is 17.5 Å². The molecule has 0 aliphatic heterocycles. The summed E-state index contributed by atoms with van der Waals surface area (Å²) in [4.78, 5) is 30.2. The van der Waals surface area contributed by atoms with E-state index in [-0.39, 0.29) is 28.7 Å². The zero-order valence-electron chi connectivity index (χ0n) is 11.6. The first-order valence-corrected chi connectivity index (χ1v) is 6.61. The molecular formula is C16H9F3N2O2. The van der Waals surface area contributed by atoms with E-state index in [1.807, 2.05) is 0 Å². The van der Waals surface area contributed by atoms with Gasteiger partial charge < -0.3 is 4.98 Å². The Morgan fingerprint density at radius 3 is 2.57 bits per heavy atom. The molecule has 0 aliphatic carbocycles. The second-order valence-corrected chi connectivity index (χ2v) is 4.91. The Hall–Kier alpha value is -2.96. The van der Waals surface area contributed by atoms with Gasteiger partial charge in [0.1, 0.15) is 11.6 Å². The van der Waals surface area contributed by atoms with Gasteiger partial charge in [-0.05, 0) is 18.2 Å². The van der Waals surface area contributed by atoms with Gasteiger partial charge in [0.2, 0.25) is 0 Å². The number of nitrogens with one attached hydrogen (secondary N) is 1. The molecule has 0 aliphatic rings. The van der Waals surface area contributed by atoms with Crippen LogP contribution >= 0.6 is 0 Å². The Balaban J connectivity index is 1.99. The molecule has 0 saturated carbocycles. The zero-order chi connectivity index (χ0) is 16.6. The summed E-state index contributed by atoms with van der Waals surface area (Å²) in [6, 6.07) is 6.61. The van der Waals surface area contributed by atoms with Crippen molar-refractivity contribution in [3.63, 3.8) is 0 Å². The van der Waals surface area contributed by atoms with Gasteiger partial charge in [0, 0.05) is 11.6 Å². The van der Waals surface area contributed by atoms with Crippen molar-refractivity contribution in [1.29, 1.82) is 0 Å². The van der Waals surface area contributed by atoms with Gasteiger partial charge in [-0.25, -0.2) is 18.2 Å². The first-order chi connectivity index (χ1) is 10.9. The van der Waals surface area contributed by atoms with E-state index in [1.165, 1.54) is 18.2 Å². The third-order valence-electron chi connectivity index (χ3n) is 3.27. The molecule has 1 heterocycles. The molecule has 0 unspecified atom stereocenters. The summed E-state index contributed by atoms with van der Waals surface area (Å²) >= 11 is 0. The third-order valence-corrected chi connectivity index (χ3v) is 3.27. The van der Waals surface area contributed by atoms with Crippen LogP contribution in [0.15, 0.2) is 41.2 Å². The van der Waals surface area contributed by atoms with E-state index in [0.717, 1.165) is 18.2 Å². The molecule has 0 radical (unpaired) electrons. The number of fused-ring (bicyclic) bond motifs is 1. The number of hydrogen-bond acceptors (Lipinski definition) is 3. The van der Waals surface area contributed by atoms with Crippen molar-refractivity contribution < 1.29 is 18.0 Å². The SMILES string of the molecule is O=C(Cc1nc2cc(F)c(F)cc2c(=O)[nH]1)c1cccc(F)c1. The molecule has 23 heavy (non-hydrogen) atoms. The molecule has 2 aromatic carbocycles. The molecule has 3 rings (SSSR count). The summed E-state index contributed by atoms with van der Waals surface area (Å²) in [6.07, 6.45) is -0.298. The predicted octanol–water partition coefficient (Wildman–Crippen LogP) is 2.77. The van der Waals surface area contributed by atoms with Crippen molar-refractivity contribution in [2.45, 2.75) is 6.42 Å². The van der Waals surface area contributed by atoms with E-state index in [2.05, 4.69) is 9.97 Å². The molecule has 116 valence electrons. The van der Waals surface area contributed by atoms with Crippen LogP contribution in [0.3, 0.4) is 0 Å². The number of aromatic amines is 1. The van der Waals surface area contributed by atoms with E-state index in [9.17, 15) is 22.8 Å². The van der Waals surface area contributed by atoms with Crippen LogP contribution in [0.25, 0.3) is 10.9 Å². The quantitative estimate of drug-likeness (QED) is 0.755. The second-order valence-electron chi connectivity index (χ2n) is 4.91. The Morgan fingerprint density at radius 2 is 1.83 bits per heavy atom. The summed E-state index contributed by atoms with van der Waals surface area (Å²) in [6.45, 7) is 0. The van der Waals surface area contributed by atoms with Crippen LogP contribution in [0.1, 0.15) is 16.2 Å². The van der Waals surface area contributed by atoms with Crippen LogP contribution in [0.5, 0.6) is 0 Å². The molecule has 1 aromatic heterocycles. The molecule has 4 nitrogen and oxygen atoms in total. The highest BCUT2D eigenvalue weighted by atomic mass is 19.2. The number of ketones is 1. The van der Waals surface area contributed by atoms with Crippen LogP contribution < -0.4 is 5.56 Å². The van der Waals surface area contributed by atoms with Crippen LogP contribution in [0.4, 0.5) is 13.2 Å². The molecule has 0 spiro atoms. The number of aromatic nitrogens is 2. The van der Waals surface area contributed by atoms with Gasteiger partial charge in [0.25, 0.3) is 5.56 Å². The smallest absolute Gasteiger partial charge is 0.258 e. The number of rotatable bonds is 3. The molecule has 0 fully saturated rings. The minimum Gasteiger partial charge on any atom is -0.310 e. The average Bonchev–Trinajstić information content (AvgIpc) is 2.49. The minimum atomic E-state index is -1.16. The van der Waals surface area contributed by atoms with Gasteiger partial charge in [0.05, 0.1) is 17.3 Å². The maximum Gasteiger partial charge on any atom is 0.258 e. The lowest BCUT2D eigenvalue weighted by atomic mass is 10.1. The number of carbonyl (C=O) groups is 1. The number of benzene rings is 2. The number of nitrogens with zero attached hydrogens (tertiary/aromatic N) is 1. The van der Waals surface area contributed by atoms with Crippen molar-refractivity contribution in [2.75, 3.05) is 0 Å². The van der Waals surface area contributed by atoms with Gasteiger partial charge in [-0.1, -0.05) is 12.1 Å². The number of Topliss-reactive ketones (excluding diaryl/α,β-unsaturated/α-hetero) is 1. The van der Waals surface area contributed by atoms with Gasteiger partial charge in [-0.2, -0.15) is 0 Å². The molecule has 3 aromatic rings. The van der Waals surface area contributed by atoms with Gasteiger partial charge in [-0.15, -0.1) is 0 Å². The second kappa shape index (κ2) is 5.68. The molecule has 7 heteroatoms. The van der Waals surface area contributed by atoms with E-state index < -0.39 is 28.8 Å². The third kappa shape index (κ3) is 2.98. The summed E-state index contributed by atoms with van der Waals surface area (Å²) in [5.41, 5.74) is -0.622. The fourth-order valence-electron chi connectivity index (χ4n) is 2.18. The van der Waals surface area contributed by atoms with Crippen LogP contribution in [-0.4, -0.2) is 15.8 Å². The largest absolute Gasteiger partial charge is 0.310 e. The molecule has 0 atom stereocenters. The van der Waals surface area contributed by atoms with Gasteiger partial charge in [-0.3, -0.25) is 9.59 Å². The van der Waals surface area contributed by atoms with Gasteiger partial charge >= 0.3 is 0 Å². The van der Waals surface area contributed by atoms with E-state index in [1.54, 1.807) is 0 Å². The summed E-state index contributed by atoms with van der Waals surface area (Å²) < 4.78 is 39.5. The highest BCUT2D eigenvalue weighted by molar-refractivity contribution is 5.97. The molecule has 0 amide bonds. The predicted molar refractivity (Wildman–Crippen MR) is 76.7 cm³/mol. The first-order valence-electron chi connectivity index (χ1n) is 6.61. The highest BCUT2D eigenvalue weighted by Crippen LogP contribution is 2.14. The standard InChI is InChI=1S/C16H9F3N2O2/c17-9-3-1-2-8(4-9)14(22)7-15-20-13-6-12(19)11(18)5-10(13)16(23)21-15/h1-6H,7H2,(H,20,21,23). The average molecular weight is 318 g/mol. The zero-order valence-corrected chi connectivity index (χ0v) is 11.6. The molecular weight excluding hydrogens is 309 g/mol. The fraction of sp³-hybridized carbons (Fsp3) is 0.0625. The first kappa shape index (κ1) is 15.0. The number of hydrogen-bond donors (Lipinski definition) is 1. The molecule has 0 bridgehead atoms. The summed E-state index contributed by atoms with van der Waals surface area (Å²) in [5.74, 6) is -3.34. The maximum absolute atomic E-state index is 13.2. The Labute approximate surface area is 127 Å². The Morgan fingerprint density at radius 1 is 1.09 bits per heavy atom. The van der Waals surface area contributed by atoms with Crippen molar-refractivity contribution in [1.82, 2.24) is 9.97 Å². The molecule has 1 N–H and O–H groups in total. The van der Waals surface area contributed by atoms with E-state index in [4.69, 9.17) is 0 Å². The topological polar surface area (TPSA) is 62.8 Å². The Kier molecular flexibility index (Phi) is 3.69. The summed E-state index contributed by atoms with van der Waals surface area (Å²) in [7, 11) is 0. The van der Waals surface area contributed by atoms with Crippen LogP contribution in [-0.2, 0) is 6.42 Å². The number of halogens is 3. The lowest BCUT2D eigenvalue weighted by Gasteiger charge is -2.04. The summed E-state index contributed by atoms with van der Waals surface area (Å²) in [5, 5.41) is -0.120. The monoisotopic (exact) mass is 318 g/mol. The normalized spacial score (nSPS) is 10.9.